The summed E-state index contributed by atoms with van der Waals surface area (Å²) in [6, 6.07) is 11.5. The second-order valence-electron chi connectivity index (χ2n) is 3.98. The third-order valence-corrected chi connectivity index (χ3v) is 2.81. The smallest absolute Gasteiger partial charge is 0.150 e. The highest BCUT2D eigenvalue weighted by Gasteiger charge is 2.12. The number of rotatable bonds is 1. The van der Waals surface area contributed by atoms with Gasteiger partial charge in [0.25, 0.3) is 0 Å². The SMILES string of the molecule is N#Cc1nc2ccccc2cc1-c1nccnc1N. The van der Waals surface area contributed by atoms with Crippen molar-refractivity contribution in [3.63, 3.8) is 0 Å². The number of benzene rings is 1. The van der Waals surface area contributed by atoms with E-state index in [1.807, 2.05) is 30.3 Å². The number of nitriles is 1. The number of anilines is 1. The van der Waals surface area contributed by atoms with E-state index >= 15 is 0 Å². The molecule has 5 heteroatoms. The van der Waals surface area contributed by atoms with Crippen molar-refractivity contribution in [2.75, 3.05) is 5.73 Å². The van der Waals surface area contributed by atoms with Crippen LogP contribution in [0.4, 0.5) is 5.82 Å². The summed E-state index contributed by atoms with van der Waals surface area (Å²) in [5.41, 5.74) is 7.96. The molecule has 2 N–H and O–H groups in total. The second-order valence-corrected chi connectivity index (χ2v) is 3.98. The standard InChI is InChI=1S/C14H9N5/c15-8-12-10(13-14(16)18-6-5-17-13)7-9-3-1-2-4-11(9)19-12/h1-7H,(H2,16,18). The summed E-state index contributed by atoms with van der Waals surface area (Å²) in [5.74, 6) is 0.288. The molecule has 0 fully saturated rings. The van der Waals surface area contributed by atoms with E-state index in [1.54, 1.807) is 6.20 Å². The van der Waals surface area contributed by atoms with Crippen molar-refractivity contribution in [3.8, 4) is 17.3 Å². The number of fused-ring (bicyclic) bond motifs is 1. The fraction of sp³-hybridized carbons (Fsp3) is 0. The van der Waals surface area contributed by atoms with Gasteiger partial charge in [-0.2, -0.15) is 5.26 Å². The molecule has 0 saturated heterocycles. The Morgan fingerprint density at radius 3 is 2.68 bits per heavy atom. The Morgan fingerprint density at radius 1 is 1.11 bits per heavy atom. The molecule has 2 aromatic heterocycles. The van der Waals surface area contributed by atoms with Gasteiger partial charge < -0.3 is 5.73 Å². The number of aromatic nitrogens is 3. The Bertz CT molecular complexity index is 804. The zero-order valence-electron chi connectivity index (χ0n) is 9.91. The summed E-state index contributed by atoms with van der Waals surface area (Å²) >= 11 is 0. The first-order chi connectivity index (χ1) is 9.29. The largest absolute Gasteiger partial charge is 0.382 e. The summed E-state index contributed by atoms with van der Waals surface area (Å²) in [6.45, 7) is 0. The molecule has 0 radical (unpaired) electrons. The monoisotopic (exact) mass is 247 g/mol. The van der Waals surface area contributed by atoms with Crippen LogP contribution in [0.5, 0.6) is 0 Å². The van der Waals surface area contributed by atoms with Gasteiger partial charge in [0.2, 0.25) is 0 Å². The zero-order chi connectivity index (χ0) is 13.2. The molecule has 2 heterocycles. The van der Waals surface area contributed by atoms with E-state index < -0.39 is 0 Å². The number of hydrogen-bond acceptors (Lipinski definition) is 5. The van der Waals surface area contributed by atoms with E-state index in [-0.39, 0.29) is 5.82 Å². The van der Waals surface area contributed by atoms with Gasteiger partial charge in [-0.3, -0.25) is 4.98 Å². The molecule has 0 atom stereocenters. The Hall–Kier alpha value is -3.00. The Balaban J connectivity index is 2.35. The van der Waals surface area contributed by atoms with Gasteiger partial charge in [-0.1, -0.05) is 18.2 Å². The maximum atomic E-state index is 9.23. The summed E-state index contributed by atoms with van der Waals surface area (Å²) in [5, 5.41) is 10.2. The first-order valence-electron chi connectivity index (χ1n) is 5.66. The molecule has 5 nitrogen and oxygen atoms in total. The van der Waals surface area contributed by atoms with Gasteiger partial charge in [0.1, 0.15) is 17.6 Å². The van der Waals surface area contributed by atoms with Crippen LogP contribution in [0.1, 0.15) is 5.69 Å². The number of nitrogens with zero attached hydrogens (tertiary/aromatic N) is 4. The highest BCUT2D eigenvalue weighted by molar-refractivity contribution is 5.87. The second kappa shape index (κ2) is 4.35. The maximum absolute atomic E-state index is 9.23. The minimum absolute atomic E-state index is 0.288. The van der Waals surface area contributed by atoms with Crippen LogP contribution in [0, 0.1) is 11.3 Å². The van der Waals surface area contributed by atoms with Crippen LogP contribution in [-0.2, 0) is 0 Å². The third kappa shape index (κ3) is 1.85. The average Bonchev–Trinajstić information content (AvgIpc) is 2.46. The van der Waals surface area contributed by atoms with E-state index in [1.165, 1.54) is 6.20 Å². The number of nitrogen functional groups attached to an aromatic ring is 1. The minimum atomic E-state index is 0.288. The molecule has 0 spiro atoms. The third-order valence-electron chi connectivity index (χ3n) is 2.81. The van der Waals surface area contributed by atoms with Gasteiger partial charge in [-0.05, 0) is 12.1 Å². The van der Waals surface area contributed by atoms with Crippen LogP contribution in [0.15, 0.2) is 42.7 Å². The fourth-order valence-electron chi connectivity index (χ4n) is 1.94. The molecule has 3 rings (SSSR count). The van der Waals surface area contributed by atoms with Crippen molar-refractivity contribution in [1.29, 1.82) is 5.26 Å². The van der Waals surface area contributed by atoms with Gasteiger partial charge in [0.05, 0.1) is 5.52 Å². The molecular formula is C14H9N5. The van der Waals surface area contributed by atoms with Crippen LogP contribution in [0.3, 0.4) is 0 Å². The van der Waals surface area contributed by atoms with E-state index in [9.17, 15) is 5.26 Å². The molecule has 0 unspecified atom stereocenters. The van der Waals surface area contributed by atoms with Gasteiger partial charge >= 0.3 is 0 Å². The molecule has 0 aliphatic heterocycles. The molecule has 19 heavy (non-hydrogen) atoms. The van der Waals surface area contributed by atoms with Gasteiger partial charge in [-0.25, -0.2) is 9.97 Å². The molecule has 0 amide bonds. The van der Waals surface area contributed by atoms with Crippen molar-refractivity contribution in [2.45, 2.75) is 0 Å². The molecule has 3 aromatic rings. The molecule has 0 saturated carbocycles. The minimum Gasteiger partial charge on any atom is -0.382 e. The van der Waals surface area contributed by atoms with Crippen molar-refractivity contribution in [2.24, 2.45) is 0 Å². The Morgan fingerprint density at radius 2 is 1.89 bits per heavy atom. The normalized spacial score (nSPS) is 10.3. The summed E-state index contributed by atoms with van der Waals surface area (Å²) < 4.78 is 0. The predicted molar refractivity (Wildman–Crippen MR) is 71.9 cm³/mol. The van der Waals surface area contributed by atoms with Gasteiger partial charge in [0, 0.05) is 23.3 Å². The molecule has 1 aromatic carbocycles. The Labute approximate surface area is 109 Å². The van der Waals surface area contributed by atoms with Crippen LogP contribution in [0.25, 0.3) is 22.2 Å². The Kier molecular flexibility index (Phi) is 2.54. The number of nitrogens with two attached hydrogens (primary N) is 1. The van der Waals surface area contributed by atoms with E-state index in [4.69, 9.17) is 5.73 Å². The van der Waals surface area contributed by atoms with Crippen molar-refractivity contribution in [1.82, 2.24) is 15.0 Å². The zero-order valence-corrected chi connectivity index (χ0v) is 9.91. The quantitative estimate of drug-likeness (QED) is 0.711. The molecule has 0 aliphatic rings. The molecule has 0 aliphatic carbocycles. The van der Waals surface area contributed by atoms with Gasteiger partial charge in [-0.15, -0.1) is 0 Å². The lowest BCUT2D eigenvalue weighted by Gasteiger charge is -2.06. The maximum Gasteiger partial charge on any atom is 0.150 e. The number of pyridine rings is 1. The summed E-state index contributed by atoms with van der Waals surface area (Å²) in [7, 11) is 0. The van der Waals surface area contributed by atoms with E-state index in [0.29, 0.717) is 17.0 Å². The van der Waals surface area contributed by atoms with Crippen LogP contribution < -0.4 is 5.73 Å². The first kappa shape index (κ1) is 11.1. The number of hydrogen-bond donors (Lipinski definition) is 1. The lowest BCUT2D eigenvalue weighted by atomic mass is 10.1. The highest BCUT2D eigenvalue weighted by atomic mass is 14.9. The molecule has 90 valence electrons. The summed E-state index contributed by atoms with van der Waals surface area (Å²) in [4.78, 5) is 12.5. The number of para-hydroxylation sites is 1. The first-order valence-corrected chi connectivity index (χ1v) is 5.66. The predicted octanol–water partition coefficient (Wildman–Crippen LogP) is 2.15. The topological polar surface area (TPSA) is 88.5 Å². The lowest BCUT2D eigenvalue weighted by molar-refractivity contribution is 1.20. The van der Waals surface area contributed by atoms with Crippen molar-refractivity contribution in [3.05, 3.63) is 48.4 Å². The van der Waals surface area contributed by atoms with Crippen LogP contribution in [0.2, 0.25) is 0 Å². The molecule has 0 bridgehead atoms. The van der Waals surface area contributed by atoms with E-state index in [2.05, 4.69) is 21.0 Å². The summed E-state index contributed by atoms with van der Waals surface area (Å²) in [6.07, 6.45) is 3.06. The fourth-order valence-corrected chi connectivity index (χ4v) is 1.94. The van der Waals surface area contributed by atoms with Crippen LogP contribution >= 0.6 is 0 Å². The lowest BCUT2D eigenvalue weighted by Crippen LogP contribution is -1.99. The van der Waals surface area contributed by atoms with Crippen molar-refractivity contribution < 1.29 is 0 Å². The van der Waals surface area contributed by atoms with E-state index in [0.717, 1.165) is 10.9 Å². The van der Waals surface area contributed by atoms with Gasteiger partial charge in [0.15, 0.2) is 5.69 Å². The average molecular weight is 247 g/mol. The molecular weight excluding hydrogens is 238 g/mol. The van der Waals surface area contributed by atoms with Crippen LogP contribution in [-0.4, -0.2) is 15.0 Å². The van der Waals surface area contributed by atoms with Crippen molar-refractivity contribution >= 4 is 16.7 Å². The highest BCUT2D eigenvalue weighted by Crippen LogP contribution is 2.27.